The number of thiazole rings is 1. The Kier molecular flexibility index (Phi) is 8.63. The summed E-state index contributed by atoms with van der Waals surface area (Å²) in [5.74, 6) is 0.603. The quantitative estimate of drug-likeness (QED) is 0.289. The number of aromatic hydroxyl groups is 1. The van der Waals surface area contributed by atoms with Gasteiger partial charge in [-0.3, -0.25) is 9.36 Å². The van der Waals surface area contributed by atoms with Gasteiger partial charge in [-0.25, -0.2) is 9.79 Å². The number of ether oxygens (including phenoxy) is 3. The molecule has 0 saturated carbocycles. The zero-order chi connectivity index (χ0) is 26.9. The van der Waals surface area contributed by atoms with Crippen molar-refractivity contribution in [2.75, 3.05) is 20.3 Å². The normalized spacial score (nSPS) is 15.3. The van der Waals surface area contributed by atoms with Gasteiger partial charge in [0.25, 0.3) is 5.56 Å². The highest BCUT2D eigenvalue weighted by molar-refractivity contribution is 14.1. The average molecular weight is 746 g/mol. The number of aromatic nitrogens is 1. The molecule has 1 N–H and O–H groups in total. The third-order valence-electron chi connectivity index (χ3n) is 5.66. The first-order valence-electron chi connectivity index (χ1n) is 11.4. The maximum absolute atomic E-state index is 13.8. The molecule has 0 radical (unpaired) electrons. The summed E-state index contributed by atoms with van der Waals surface area (Å²) in [6.45, 7) is 5.93. The zero-order valence-corrected chi connectivity index (χ0v) is 25.6. The fraction of sp³-hybridized carbons (Fsp3) is 0.269. The smallest absolute Gasteiger partial charge is 0.338 e. The van der Waals surface area contributed by atoms with E-state index in [0.29, 0.717) is 47.8 Å². The number of carbonyl (C=O) groups excluding carboxylic acids is 1. The predicted octanol–water partition coefficient (Wildman–Crippen LogP) is 4.12. The van der Waals surface area contributed by atoms with Gasteiger partial charge in [0.1, 0.15) is 5.75 Å². The highest BCUT2D eigenvalue weighted by atomic mass is 127. The number of rotatable bonds is 7. The summed E-state index contributed by atoms with van der Waals surface area (Å²) in [4.78, 5) is 32.0. The molecule has 2 heterocycles. The van der Waals surface area contributed by atoms with Crippen molar-refractivity contribution in [3.63, 3.8) is 0 Å². The number of allylic oxidation sites excluding steroid dienone is 1. The van der Waals surface area contributed by atoms with Crippen molar-refractivity contribution in [2.24, 2.45) is 4.99 Å². The molecule has 0 aliphatic carbocycles. The van der Waals surface area contributed by atoms with Gasteiger partial charge in [0, 0.05) is 9.13 Å². The summed E-state index contributed by atoms with van der Waals surface area (Å²) < 4.78 is 20.0. The minimum atomic E-state index is -0.785. The summed E-state index contributed by atoms with van der Waals surface area (Å²) in [6, 6.07) is 8.20. The number of halogens is 2. The van der Waals surface area contributed by atoms with Crippen molar-refractivity contribution in [1.82, 2.24) is 4.57 Å². The van der Waals surface area contributed by atoms with Crippen LogP contribution in [-0.2, 0) is 9.53 Å². The monoisotopic (exact) mass is 746 g/mol. The van der Waals surface area contributed by atoms with Crippen LogP contribution in [0.2, 0.25) is 0 Å². The first-order valence-corrected chi connectivity index (χ1v) is 14.4. The van der Waals surface area contributed by atoms with Crippen LogP contribution in [0.15, 0.2) is 51.4 Å². The third-order valence-corrected chi connectivity index (χ3v) is 8.09. The van der Waals surface area contributed by atoms with Gasteiger partial charge in [-0.15, -0.1) is 0 Å². The number of esters is 1. The molecule has 0 fully saturated rings. The highest BCUT2D eigenvalue weighted by Gasteiger charge is 2.34. The van der Waals surface area contributed by atoms with Crippen molar-refractivity contribution >= 4 is 68.6 Å². The lowest BCUT2D eigenvalue weighted by Gasteiger charge is -2.25. The molecular weight excluding hydrogens is 722 g/mol. The van der Waals surface area contributed by atoms with E-state index in [1.54, 1.807) is 51.3 Å². The standard InChI is InChI=1S/C26H24I2N2O6S/c1-5-35-19-10-14(7-8-18(19)34-4)22-21(25(33)36-6-2)13(3)29-26-30(22)24(32)20(37-26)11-15-9-16(27)12-17(28)23(15)31/h7-12,22,31H,5-6H2,1-4H3/b20-11-/t22-/m0/s1. The second kappa shape index (κ2) is 11.6. The van der Waals surface area contributed by atoms with E-state index in [1.165, 1.54) is 15.9 Å². The number of nitrogens with zero attached hydrogens (tertiary/aromatic N) is 2. The summed E-state index contributed by atoms with van der Waals surface area (Å²) >= 11 is 5.42. The molecule has 3 aromatic rings. The van der Waals surface area contributed by atoms with Gasteiger partial charge in [0.15, 0.2) is 16.3 Å². The lowest BCUT2D eigenvalue weighted by Crippen LogP contribution is -2.40. The lowest BCUT2D eigenvalue weighted by atomic mass is 9.95. The molecule has 0 bridgehead atoms. The van der Waals surface area contributed by atoms with Crippen LogP contribution in [0, 0.1) is 7.14 Å². The molecule has 11 heteroatoms. The third kappa shape index (κ3) is 5.43. The van der Waals surface area contributed by atoms with Crippen LogP contribution in [0.4, 0.5) is 0 Å². The van der Waals surface area contributed by atoms with E-state index in [1.807, 2.05) is 13.0 Å². The van der Waals surface area contributed by atoms with Crippen LogP contribution in [-0.4, -0.2) is 36.0 Å². The second-order valence-corrected chi connectivity index (χ2v) is 11.4. The number of phenolic OH excluding ortho intramolecular Hbond substituents is 1. The van der Waals surface area contributed by atoms with Crippen LogP contribution in [0.3, 0.4) is 0 Å². The van der Waals surface area contributed by atoms with Crippen molar-refractivity contribution < 1.29 is 24.1 Å². The Bertz CT molecular complexity index is 1590. The molecule has 1 aliphatic heterocycles. The Morgan fingerprint density at radius 1 is 1.19 bits per heavy atom. The van der Waals surface area contributed by atoms with Crippen LogP contribution < -0.4 is 24.4 Å². The molecule has 1 aliphatic rings. The fourth-order valence-corrected chi connectivity index (χ4v) is 7.00. The van der Waals surface area contributed by atoms with E-state index >= 15 is 0 Å². The maximum Gasteiger partial charge on any atom is 0.338 e. The second-order valence-electron chi connectivity index (χ2n) is 7.97. The first-order chi connectivity index (χ1) is 17.7. The maximum atomic E-state index is 13.8. The molecule has 4 rings (SSSR count). The number of methoxy groups -OCH3 is 1. The SMILES string of the molecule is CCOC(=O)C1=C(C)N=c2s/c(=C\c3cc(I)cc(I)c3O)c(=O)n2[C@H]1c1ccc(OC)c(OCC)c1. The molecule has 1 aromatic heterocycles. The van der Waals surface area contributed by atoms with E-state index in [4.69, 9.17) is 14.2 Å². The predicted molar refractivity (Wildman–Crippen MR) is 158 cm³/mol. The summed E-state index contributed by atoms with van der Waals surface area (Å²) in [7, 11) is 1.55. The Labute approximate surface area is 244 Å². The Morgan fingerprint density at radius 3 is 2.62 bits per heavy atom. The lowest BCUT2D eigenvalue weighted by molar-refractivity contribution is -0.139. The van der Waals surface area contributed by atoms with Gasteiger partial charge in [-0.1, -0.05) is 17.4 Å². The molecule has 2 aromatic carbocycles. The Hall–Kier alpha value is -2.39. The molecule has 0 saturated heterocycles. The van der Waals surface area contributed by atoms with Gasteiger partial charge in [-0.05, 0) is 102 Å². The van der Waals surface area contributed by atoms with Gasteiger partial charge in [-0.2, -0.15) is 0 Å². The van der Waals surface area contributed by atoms with E-state index in [2.05, 4.69) is 50.2 Å². The minimum absolute atomic E-state index is 0.100. The van der Waals surface area contributed by atoms with E-state index in [-0.39, 0.29) is 23.5 Å². The number of benzene rings is 2. The van der Waals surface area contributed by atoms with Crippen LogP contribution in [0.25, 0.3) is 6.08 Å². The minimum Gasteiger partial charge on any atom is -0.506 e. The number of hydrogen-bond donors (Lipinski definition) is 1. The summed E-state index contributed by atoms with van der Waals surface area (Å²) in [5.41, 5.74) is 1.60. The largest absolute Gasteiger partial charge is 0.506 e. The molecule has 0 unspecified atom stereocenters. The topological polar surface area (TPSA) is 99.4 Å². The van der Waals surface area contributed by atoms with E-state index < -0.39 is 12.0 Å². The van der Waals surface area contributed by atoms with Crippen LogP contribution in [0.1, 0.15) is 37.9 Å². The fourth-order valence-electron chi connectivity index (χ4n) is 4.08. The number of phenols is 1. The van der Waals surface area contributed by atoms with Crippen molar-refractivity contribution in [3.8, 4) is 17.2 Å². The van der Waals surface area contributed by atoms with Crippen molar-refractivity contribution in [2.45, 2.75) is 26.8 Å². The molecular formula is C26H24I2N2O6S. The Morgan fingerprint density at radius 2 is 1.95 bits per heavy atom. The van der Waals surface area contributed by atoms with Gasteiger partial charge >= 0.3 is 5.97 Å². The molecule has 0 amide bonds. The van der Waals surface area contributed by atoms with Crippen LogP contribution >= 0.6 is 56.5 Å². The highest BCUT2D eigenvalue weighted by Crippen LogP contribution is 2.36. The van der Waals surface area contributed by atoms with E-state index in [0.717, 1.165) is 3.57 Å². The zero-order valence-electron chi connectivity index (χ0n) is 20.5. The van der Waals surface area contributed by atoms with E-state index in [9.17, 15) is 14.7 Å². The molecule has 1 atom stereocenters. The first kappa shape index (κ1) is 27.6. The number of fused-ring (bicyclic) bond motifs is 1. The molecule has 37 heavy (non-hydrogen) atoms. The summed E-state index contributed by atoms with van der Waals surface area (Å²) in [6.07, 6.45) is 1.66. The van der Waals surface area contributed by atoms with Gasteiger partial charge in [0.05, 0.1) is 45.7 Å². The number of hydrogen-bond acceptors (Lipinski definition) is 8. The van der Waals surface area contributed by atoms with Crippen LogP contribution in [0.5, 0.6) is 17.2 Å². The van der Waals surface area contributed by atoms with Crippen molar-refractivity contribution in [1.29, 1.82) is 0 Å². The van der Waals surface area contributed by atoms with Gasteiger partial charge < -0.3 is 19.3 Å². The summed E-state index contributed by atoms with van der Waals surface area (Å²) in [5, 5.41) is 10.6. The van der Waals surface area contributed by atoms with Crippen molar-refractivity contribution in [3.05, 3.63) is 79.6 Å². The average Bonchev–Trinajstić information content (AvgIpc) is 3.15. The molecule has 194 valence electrons. The molecule has 0 spiro atoms. The molecule has 8 nitrogen and oxygen atoms in total. The number of carbonyl (C=O) groups is 1. The Balaban J connectivity index is 1.99. The van der Waals surface area contributed by atoms with Gasteiger partial charge in [0.2, 0.25) is 0 Å².